The Kier molecular flexibility index (Phi) is 6.12. The van der Waals surface area contributed by atoms with Crippen LogP contribution in [0.1, 0.15) is 38.4 Å². The van der Waals surface area contributed by atoms with Gasteiger partial charge in [0.1, 0.15) is 0 Å². The average molecular weight is 221 g/mol. The van der Waals surface area contributed by atoms with Gasteiger partial charge in [-0.05, 0) is 18.9 Å². The molecule has 2 unspecified atom stereocenters. The van der Waals surface area contributed by atoms with Crippen LogP contribution >= 0.6 is 0 Å². The van der Waals surface area contributed by atoms with Crippen molar-refractivity contribution in [1.82, 2.24) is 5.32 Å². The van der Waals surface area contributed by atoms with Crippen molar-refractivity contribution in [2.45, 2.75) is 38.8 Å². The highest BCUT2D eigenvalue weighted by molar-refractivity contribution is 5.17. The fourth-order valence-electron chi connectivity index (χ4n) is 1.85. The molecule has 1 aromatic rings. The van der Waals surface area contributed by atoms with Crippen molar-refractivity contribution in [2.24, 2.45) is 0 Å². The lowest BCUT2D eigenvalue weighted by Gasteiger charge is -2.19. The van der Waals surface area contributed by atoms with E-state index in [9.17, 15) is 0 Å². The number of ether oxygens (including phenoxy) is 1. The van der Waals surface area contributed by atoms with Crippen LogP contribution in [-0.4, -0.2) is 19.7 Å². The van der Waals surface area contributed by atoms with Gasteiger partial charge < -0.3 is 10.1 Å². The van der Waals surface area contributed by atoms with E-state index in [2.05, 4.69) is 43.4 Å². The molecule has 0 bridgehead atoms. The second kappa shape index (κ2) is 7.42. The quantitative estimate of drug-likeness (QED) is 0.763. The molecule has 90 valence electrons. The molecule has 2 atom stereocenters. The van der Waals surface area contributed by atoms with E-state index in [1.54, 1.807) is 7.11 Å². The first-order valence-electron chi connectivity index (χ1n) is 6.09. The maximum absolute atomic E-state index is 5.50. The zero-order valence-electron chi connectivity index (χ0n) is 10.6. The predicted octanol–water partition coefficient (Wildman–Crippen LogP) is 3.15. The summed E-state index contributed by atoms with van der Waals surface area (Å²) in [6.45, 7) is 5.31. The van der Waals surface area contributed by atoms with Gasteiger partial charge in [0.25, 0.3) is 0 Å². The molecule has 0 fully saturated rings. The van der Waals surface area contributed by atoms with Crippen LogP contribution in [0.3, 0.4) is 0 Å². The van der Waals surface area contributed by atoms with Crippen LogP contribution in [0.2, 0.25) is 0 Å². The lowest BCUT2D eigenvalue weighted by atomic mass is 10.1. The molecule has 1 rings (SSSR count). The number of nitrogens with one attached hydrogen (secondary N) is 1. The van der Waals surface area contributed by atoms with Gasteiger partial charge in [0.2, 0.25) is 0 Å². The number of methoxy groups -OCH3 is 1. The number of hydrogen-bond donors (Lipinski definition) is 1. The van der Waals surface area contributed by atoms with E-state index < -0.39 is 0 Å². The highest BCUT2D eigenvalue weighted by Crippen LogP contribution is 2.15. The molecule has 0 saturated carbocycles. The molecule has 0 amide bonds. The largest absolute Gasteiger partial charge is 0.375 e. The molecular weight excluding hydrogens is 198 g/mol. The van der Waals surface area contributed by atoms with Crippen LogP contribution in [0.4, 0.5) is 0 Å². The third kappa shape index (κ3) is 4.33. The second-order valence-corrected chi connectivity index (χ2v) is 4.23. The van der Waals surface area contributed by atoms with Gasteiger partial charge in [-0.1, -0.05) is 43.7 Å². The molecule has 1 aromatic carbocycles. The average Bonchev–Trinajstić information content (AvgIpc) is 2.31. The Morgan fingerprint density at radius 1 is 1.25 bits per heavy atom. The molecule has 1 N–H and O–H groups in total. The first kappa shape index (κ1) is 13.2. The van der Waals surface area contributed by atoms with E-state index in [1.807, 2.05) is 6.07 Å². The molecule has 0 heterocycles. The monoisotopic (exact) mass is 221 g/mol. The van der Waals surface area contributed by atoms with Gasteiger partial charge in [0.15, 0.2) is 0 Å². The summed E-state index contributed by atoms with van der Waals surface area (Å²) in [5.41, 5.74) is 1.24. The summed E-state index contributed by atoms with van der Waals surface area (Å²) < 4.78 is 5.50. The van der Waals surface area contributed by atoms with E-state index >= 15 is 0 Å². The summed E-state index contributed by atoms with van der Waals surface area (Å²) in [6.07, 6.45) is 2.59. The Hall–Kier alpha value is -0.860. The maximum Gasteiger partial charge on any atom is 0.0945 e. The van der Waals surface area contributed by atoms with Gasteiger partial charge in [0.05, 0.1) is 6.10 Å². The normalized spacial score (nSPS) is 14.7. The van der Waals surface area contributed by atoms with Gasteiger partial charge in [0, 0.05) is 19.7 Å². The first-order valence-corrected chi connectivity index (χ1v) is 6.09. The summed E-state index contributed by atoms with van der Waals surface area (Å²) in [5, 5.41) is 3.51. The summed E-state index contributed by atoms with van der Waals surface area (Å²) >= 11 is 0. The van der Waals surface area contributed by atoms with Crippen LogP contribution in [0, 0.1) is 0 Å². The third-order valence-electron chi connectivity index (χ3n) is 2.83. The van der Waals surface area contributed by atoms with Gasteiger partial charge in [-0.2, -0.15) is 0 Å². The van der Waals surface area contributed by atoms with Gasteiger partial charge >= 0.3 is 0 Å². The first-order chi connectivity index (χ1) is 7.77. The molecule has 0 aliphatic rings. The van der Waals surface area contributed by atoms with Crippen LogP contribution in [0.15, 0.2) is 30.3 Å². The topological polar surface area (TPSA) is 21.3 Å². The van der Waals surface area contributed by atoms with Crippen LogP contribution in [-0.2, 0) is 4.74 Å². The highest BCUT2D eigenvalue weighted by Gasteiger charge is 2.10. The Balaban J connectivity index is 2.44. The summed E-state index contributed by atoms with van der Waals surface area (Å²) in [4.78, 5) is 0. The van der Waals surface area contributed by atoms with Gasteiger partial charge in [-0.15, -0.1) is 0 Å². The zero-order chi connectivity index (χ0) is 11.8. The zero-order valence-corrected chi connectivity index (χ0v) is 10.6. The standard InChI is InChI=1S/C14H23NO/c1-4-8-12(2)15-11-14(16-3)13-9-6-5-7-10-13/h5-7,9-10,12,14-15H,4,8,11H2,1-3H3. The van der Waals surface area contributed by atoms with Crippen LogP contribution in [0.5, 0.6) is 0 Å². The van der Waals surface area contributed by atoms with E-state index in [1.165, 1.54) is 18.4 Å². The lowest BCUT2D eigenvalue weighted by molar-refractivity contribution is 0.0996. The van der Waals surface area contributed by atoms with Gasteiger partial charge in [-0.25, -0.2) is 0 Å². The van der Waals surface area contributed by atoms with Crippen molar-refractivity contribution in [3.63, 3.8) is 0 Å². The van der Waals surface area contributed by atoms with E-state index in [4.69, 9.17) is 4.74 Å². The Labute approximate surface area is 99.0 Å². The number of hydrogen-bond acceptors (Lipinski definition) is 2. The molecule has 0 aliphatic heterocycles. The van der Waals surface area contributed by atoms with Crippen molar-refractivity contribution in [1.29, 1.82) is 0 Å². The summed E-state index contributed by atoms with van der Waals surface area (Å²) in [6, 6.07) is 10.9. The SMILES string of the molecule is CCCC(C)NCC(OC)c1ccccc1. The number of benzene rings is 1. The molecule has 16 heavy (non-hydrogen) atoms. The predicted molar refractivity (Wildman–Crippen MR) is 68.6 cm³/mol. The fourth-order valence-corrected chi connectivity index (χ4v) is 1.85. The third-order valence-corrected chi connectivity index (χ3v) is 2.83. The Morgan fingerprint density at radius 3 is 2.50 bits per heavy atom. The molecule has 0 spiro atoms. The van der Waals surface area contributed by atoms with Crippen molar-refractivity contribution in [3.05, 3.63) is 35.9 Å². The molecule has 0 saturated heterocycles. The molecule has 0 aliphatic carbocycles. The summed E-state index contributed by atoms with van der Waals surface area (Å²) in [7, 11) is 1.77. The van der Waals surface area contributed by atoms with E-state index in [-0.39, 0.29) is 6.10 Å². The van der Waals surface area contributed by atoms with Crippen molar-refractivity contribution in [3.8, 4) is 0 Å². The molecule has 2 heteroatoms. The fraction of sp³-hybridized carbons (Fsp3) is 0.571. The van der Waals surface area contributed by atoms with Crippen molar-refractivity contribution >= 4 is 0 Å². The lowest BCUT2D eigenvalue weighted by Crippen LogP contribution is -2.30. The molecule has 0 radical (unpaired) electrons. The summed E-state index contributed by atoms with van der Waals surface area (Å²) in [5.74, 6) is 0. The number of rotatable bonds is 7. The second-order valence-electron chi connectivity index (χ2n) is 4.23. The molecule has 0 aromatic heterocycles. The van der Waals surface area contributed by atoms with Gasteiger partial charge in [-0.3, -0.25) is 0 Å². The van der Waals surface area contributed by atoms with Crippen LogP contribution in [0.25, 0.3) is 0 Å². The minimum absolute atomic E-state index is 0.153. The van der Waals surface area contributed by atoms with Crippen molar-refractivity contribution < 1.29 is 4.74 Å². The Morgan fingerprint density at radius 2 is 1.94 bits per heavy atom. The van der Waals surface area contributed by atoms with E-state index in [0.29, 0.717) is 6.04 Å². The molecular formula is C14H23NO. The maximum atomic E-state index is 5.50. The van der Waals surface area contributed by atoms with Crippen LogP contribution < -0.4 is 5.32 Å². The minimum atomic E-state index is 0.153. The highest BCUT2D eigenvalue weighted by atomic mass is 16.5. The van der Waals surface area contributed by atoms with Crippen molar-refractivity contribution in [2.75, 3.05) is 13.7 Å². The van der Waals surface area contributed by atoms with E-state index in [0.717, 1.165) is 6.54 Å². The molecule has 2 nitrogen and oxygen atoms in total. The minimum Gasteiger partial charge on any atom is -0.375 e. The Bertz CT molecular complexity index is 273. The smallest absolute Gasteiger partial charge is 0.0945 e.